The summed E-state index contributed by atoms with van der Waals surface area (Å²) in [6, 6.07) is 10.0. The molecule has 0 unspecified atom stereocenters. The van der Waals surface area contributed by atoms with Crippen LogP contribution in [-0.2, 0) is 11.3 Å². The molecule has 4 atom stereocenters. The number of aliphatic hydroxyl groups is 2. The molecule has 3 N–H and O–H groups in total. The molecule has 9 heteroatoms. The van der Waals surface area contributed by atoms with E-state index < -0.39 is 24.5 Å². The monoisotopic (exact) mass is 415 g/mol. The molecule has 0 aliphatic carbocycles. The van der Waals surface area contributed by atoms with Gasteiger partial charge in [0.2, 0.25) is 0 Å². The van der Waals surface area contributed by atoms with Crippen LogP contribution in [0, 0.1) is 0 Å². The molecule has 4 rings (SSSR count). The summed E-state index contributed by atoms with van der Waals surface area (Å²) in [5.41, 5.74) is 2.27. The fourth-order valence-corrected chi connectivity index (χ4v) is 4.35. The van der Waals surface area contributed by atoms with Crippen molar-refractivity contribution in [2.24, 2.45) is 0 Å². The van der Waals surface area contributed by atoms with Gasteiger partial charge in [-0.3, -0.25) is 4.57 Å². The number of nitrogens with one attached hydrogen (secondary N) is 1. The van der Waals surface area contributed by atoms with Crippen LogP contribution in [0.2, 0.25) is 0 Å². The maximum absolute atomic E-state index is 10.5. The van der Waals surface area contributed by atoms with E-state index in [9.17, 15) is 10.2 Å². The molecular weight excluding hydrogens is 390 g/mol. The average molecular weight is 416 g/mol. The van der Waals surface area contributed by atoms with E-state index in [1.54, 1.807) is 22.7 Å². The van der Waals surface area contributed by atoms with E-state index >= 15 is 0 Å². The number of aromatic nitrogens is 4. The molecule has 1 aliphatic rings. The van der Waals surface area contributed by atoms with E-state index in [2.05, 4.69) is 27.2 Å². The smallest absolute Gasteiger partial charge is 0.167 e. The van der Waals surface area contributed by atoms with Crippen molar-refractivity contribution in [3.8, 4) is 0 Å². The number of hydrogen-bond donors (Lipinski definition) is 3. The third-order valence-electron chi connectivity index (χ3n) is 4.90. The quantitative estimate of drug-likeness (QED) is 0.481. The second kappa shape index (κ2) is 9.08. The molecule has 1 aromatic carbocycles. The molecule has 0 radical (unpaired) electrons. The molecule has 3 aromatic rings. The van der Waals surface area contributed by atoms with Gasteiger partial charge in [-0.25, -0.2) is 15.0 Å². The first-order valence-corrected chi connectivity index (χ1v) is 10.9. The first-order valence-electron chi connectivity index (χ1n) is 9.73. The Morgan fingerprint density at radius 1 is 1.14 bits per heavy atom. The van der Waals surface area contributed by atoms with Gasteiger partial charge in [-0.1, -0.05) is 37.3 Å². The first kappa shape index (κ1) is 20.1. The molecular formula is C20H25N5O3S. The van der Waals surface area contributed by atoms with Crippen LogP contribution in [-0.4, -0.2) is 59.5 Å². The van der Waals surface area contributed by atoms with Gasteiger partial charge >= 0.3 is 0 Å². The lowest BCUT2D eigenvalue weighted by Crippen LogP contribution is -2.32. The number of benzene rings is 1. The van der Waals surface area contributed by atoms with Crippen molar-refractivity contribution in [3.05, 3.63) is 48.5 Å². The van der Waals surface area contributed by atoms with Crippen molar-refractivity contribution in [1.82, 2.24) is 19.5 Å². The van der Waals surface area contributed by atoms with Crippen LogP contribution in [0.4, 0.5) is 5.82 Å². The third kappa shape index (κ3) is 4.23. The summed E-state index contributed by atoms with van der Waals surface area (Å²) >= 11 is 1.71. The molecule has 8 nitrogen and oxygen atoms in total. The molecule has 1 aliphatic heterocycles. The fraction of sp³-hybridized carbons (Fsp3) is 0.450. The highest BCUT2D eigenvalue weighted by molar-refractivity contribution is 7.99. The molecule has 0 amide bonds. The second-order valence-electron chi connectivity index (χ2n) is 7.01. The SMILES string of the molecule is CCCSC[C@H]1O[C@@H](n2cnc3c(NCc4ccccc4)ncnc32)[C@H](O)[C@@H]1O. The molecule has 2 aromatic heterocycles. The summed E-state index contributed by atoms with van der Waals surface area (Å²) in [6.45, 7) is 2.72. The molecule has 0 saturated carbocycles. The lowest BCUT2D eigenvalue weighted by Gasteiger charge is -2.16. The van der Waals surface area contributed by atoms with Crippen LogP contribution in [0.3, 0.4) is 0 Å². The van der Waals surface area contributed by atoms with Gasteiger partial charge in [-0.15, -0.1) is 0 Å². The zero-order valence-electron chi connectivity index (χ0n) is 16.2. The summed E-state index contributed by atoms with van der Waals surface area (Å²) < 4.78 is 7.65. The van der Waals surface area contributed by atoms with Crippen molar-refractivity contribution < 1.29 is 14.9 Å². The highest BCUT2D eigenvalue weighted by Crippen LogP contribution is 2.33. The number of hydrogen-bond acceptors (Lipinski definition) is 8. The van der Waals surface area contributed by atoms with Crippen molar-refractivity contribution in [2.45, 2.75) is 44.4 Å². The van der Waals surface area contributed by atoms with Gasteiger partial charge in [0.1, 0.15) is 18.5 Å². The average Bonchev–Trinajstić information content (AvgIpc) is 3.30. The van der Waals surface area contributed by atoms with E-state index in [1.165, 1.54) is 6.33 Å². The number of ether oxygens (including phenoxy) is 1. The lowest BCUT2D eigenvalue weighted by atomic mass is 10.1. The highest BCUT2D eigenvalue weighted by Gasteiger charge is 2.44. The summed E-state index contributed by atoms with van der Waals surface area (Å²) in [7, 11) is 0. The van der Waals surface area contributed by atoms with Gasteiger partial charge in [0, 0.05) is 12.3 Å². The second-order valence-corrected chi connectivity index (χ2v) is 8.16. The van der Waals surface area contributed by atoms with Gasteiger partial charge in [-0.05, 0) is 17.7 Å². The Labute approximate surface area is 173 Å². The van der Waals surface area contributed by atoms with E-state index in [-0.39, 0.29) is 0 Å². The summed E-state index contributed by atoms with van der Waals surface area (Å²) in [4.78, 5) is 13.1. The standard InChI is InChI=1S/C20H25N5O3S/c1-2-8-29-10-14-16(26)17(27)20(28-14)25-12-24-15-18(22-11-23-19(15)25)21-9-13-6-4-3-5-7-13/h3-7,11-12,14,16-17,20,26-27H,2,8-10H2,1H3,(H,21,22,23)/t14-,16-,17-,20-/m1/s1. The number of aliphatic hydroxyl groups excluding tert-OH is 2. The maximum Gasteiger partial charge on any atom is 0.167 e. The Bertz CT molecular complexity index is 938. The van der Waals surface area contributed by atoms with Crippen molar-refractivity contribution in [1.29, 1.82) is 0 Å². The molecule has 1 fully saturated rings. The Morgan fingerprint density at radius 3 is 2.76 bits per heavy atom. The lowest BCUT2D eigenvalue weighted by molar-refractivity contribution is -0.0289. The molecule has 29 heavy (non-hydrogen) atoms. The minimum atomic E-state index is -1.05. The van der Waals surface area contributed by atoms with E-state index in [1.807, 2.05) is 30.3 Å². The van der Waals surface area contributed by atoms with E-state index in [0.29, 0.717) is 29.3 Å². The minimum absolute atomic E-state index is 0.429. The molecule has 1 saturated heterocycles. The Morgan fingerprint density at radius 2 is 1.97 bits per heavy atom. The molecule has 0 spiro atoms. The molecule has 0 bridgehead atoms. The summed E-state index contributed by atoms with van der Waals surface area (Å²) in [6.07, 6.45) is 0.937. The number of rotatable bonds is 8. The van der Waals surface area contributed by atoms with Crippen LogP contribution < -0.4 is 5.32 Å². The zero-order valence-corrected chi connectivity index (χ0v) is 17.0. The summed E-state index contributed by atoms with van der Waals surface area (Å²) in [5, 5.41) is 24.2. The van der Waals surface area contributed by atoms with Crippen LogP contribution >= 0.6 is 11.8 Å². The third-order valence-corrected chi connectivity index (χ3v) is 6.16. The molecule has 3 heterocycles. The van der Waals surface area contributed by atoms with Crippen molar-refractivity contribution >= 4 is 28.7 Å². The maximum atomic E-state index is 10.5. The number of nitrogens with zero attached hydrogens (tertiary/aromatic N) is 4. The van der Waals surface area contributed by atoms with Crippen molar-refractivity contribution in [2.75, 3.05) is 16.8 Å². The van der Waals surface area contributed by atoms with E-state index in [4.69, 9.17) is 4.74 Å². The van der Waals surface area contributed by atoms with Gasteiger partial charge < -0.3 is 20.3 Å². The van der Waals surface area contributed by atoms with Crippen LogP contribution in [0.15, 0.2) is 43.0 Å². The predicted octanol–water partition coefficient (Wildman–Crippen LogP) is 2.20. The van der Waals surface area contributed by atoms with E-state index in [0.717, 1.165) is 17.7 Å². The normalized spacial score (nSPS) is 24.2. The Kier molecular flexibility index (Phi) is 6.29. The van der Waals surface area contributed by atoms with Gasteiger partial charge in [0.15, 0.2) is 23.2 Å². The van der Waals surface area contributed by atoms with Gasteiger partial charge in [0.05, 0.1) is 12.4 Å². The highest BCUT2D eigenvalue weighted by atomic mass is 32.2. The largest absolute Gasteiger partial charge is 0.387 e. The van der Waals surface area contributed by atoms with Crippen LogP contribution in [0.1, 0.15) is 25.1 Å². The van der Waals surface area contributed by atoms with Gasteiger partial charge in [0.25, 0.3) is 0 Å². The number of imidazole rings is 1. The minimum Gasteiger partial charge on any atom is -0.387 e. The topological polar surface area (TPSA) is 105 Å². The predicted molar refractivity (Wildman–Crippen MR) is 113 cm³/mol. The summed E-state index contributed by atoms with van der Waals surface area (Å²) in [5.74, 6) is 2.24. The number of anilines is 1. The number of fused-ring (bicyclic) bond motifs is 1. The molecule has 154 valence electrons. The van der Waals surface area contributed by atoms with Crippen molar-refractivity contribution in [3.63, 3.8) is 0 Å². The Balaban J connectivity index is 1.53. The first-order chi connectivity index (χ1) is 14.2. The van der Waals surface area contributed by atoms with Crippen LogP contribution in [0.5, 0.6) is 0 Å². The van der Waals surface area contributed by atoms with Gasteiger partial charge in [-0.2, -0.15) is 11.8 Å². The van der Waals surface area contributed by atoms with Crippen LogP contribution in [0.25, 0.3) is 11.2 Å². The zero-order chi connectivity index (χ0) is 20.2. The fourth-order valence-electron chi connectivity index (χ4n) is 3.39. The number of thioether (sulfide) groups is 1. The Hall–Kier alpha value is -2.20.